The van der Waals surface area contributed by atoms with Crippen molar-refractivity contribution in [1.29, 1.82) is 0 Å². The first-order valence-electron chi connectivity index (χ1n) is 7.51. The van der Waals surface area contributed by atoms with Crippen LogP contribution in [0, 0.1) is 5.82 Å². The summed E-state index contributed by atoms with van der Waals surface area (Å²) in [6.07, 6.45) is 2.67. The van der Waals surface area contributed by atoms with Crippen molar-refractivity contribution >= 4 is 23.3 Å². The predicted octanol–water partition coefficient (Wildman–Crippen LogP) is 2.81. The molecule has 1 aliphatic rings. The molecule has 0 bridgehead atoms. The number of carbonyl (C=O) groups is 1. The highest BCUT2D eigenvalue weighted by Gasteiger charge is 2.28. The quantitative estimate of drug-likeness (QED) is 0.915. The molecule has 3 rings (SSSR count). The van der Waals surface area contributed by atoms with Gasteiger partial charge in [-0.25, -0.2) is 9.37 Å². The Hall–Kier alpha value is -2.14. The van der Waals surface area contributed by atoms with Gasteiger partial charge in [-0.1, -0.05) is 23.7 Å². The van der Waals surface area contributed by atoms with Crippen molar-refractivity contribution < 1.29 is 9.18 Å². The monoisotopic (exact) mass is 333 g/mol. The lowest BCUT2D eigenvalue weighted by Crippen LogP contribution is -2.59. The van der Waals surface area contributed by atoms with Gasteiger partial charge in [-0.2, -0.15) is 0 Å². The number of anilines is 1. The minimum Gasteiger partial charge on any atom is -0.352 e. The third-order valence-corrected chi connectivity index (χ3v) is 4.13. The molecule has 0 saturated carbocycles. The number of pyridine rings is 1. The molecule has 0 unspecified atom stereocenters. The molecule has 0 radical (unpaired) electrons. The lowest BCUT2D eigenvalue weighted by atomic mass is 10.1. The van der Waals surface area contributed by atoms with Crippen molar-refractivity contribution in [2.75, 3.05) is 18.0 Å². The van der Waals surface area contributed by atoms with E-state index in [1.165, 1.54) is 6.07 Å². The second kappa shape index (κ2) is 6.96. The first-order chi connectivity index (χ1) is 11.1. The minimum absolute atomic E-state index is 0.00359. The number of benzene rings is 1. The van der Waals surface area contributed by atoms with Gasteiger partial charge in [0, 0.05) is 25.7 Å². The maximum absolute atomic E-state index is 13.1. The molecule has 0 spiro atoms. The van der Waals surface area contributed by atoms with Crippen LogP contribution < -0.4 is 10.2 Å². The lowest BCUT2D eigenvalue weighted by molar-refractivity contribution is -0.121. The van der Waals surface area contributed by atoms with Crippen molar-refractivity contribution in [1.82, 2.24) is 10.3 Å². The lowest BCUT2D eigenvalue weighted by Gasteiger charge is -2.40. The van der Waals surface area contributed by atoms with Crippen LogP contribution in [-0.2, 0) is 11.2 Å². The summed E-state index contributed by atoms with van der Waals surface area (Å²) in [5, 5.41) is 3.09. The van der Waals surface area contributed by atoms with Crippen LogP contribution in [0.3, 0.4) is 0 Å². The number of hydrogen-bond acceptors (Lipinski definition) is 3. The first kappa shape index (κ1) is 15.7. The largest absolute Gasteiger partial charge is 0.352 e. The molecule has 1 fully saturated rings. The molecule has 4 nitrogen and oxygen atoms in total. The second-order valence-corrected chi connectivity index (χ2v) is 6.01. The highest BCUT2D eigenvalue weighted by atomic mass is 35.5. The number of hydrogen-bond donors (Lipinski definition) is 1. The summed E-state index contributed by atoms with van der Waals surface area (Å²) in [4.78, 5) is 18.4. The fourth-order valence-electron chi connectivity index (χ4n) is 2.55. The van der Waals surface area contributed by atoms with Crippen LogP contribution >= 0.6 is 11.6 Å². The molecular formula is C17H17ClFN3O. The highest BCUT2D eigenvalue weighted by molar-refractivity contribution is 6.30. The van der Waals surface area contributed by atoms with E-state index in [4.69, 9.17) is 11.6 Å². The van der Waals surface area contributed by atoms with Crippen LogP contribution in [0.25, 0.3) is 0 Å². The number of aryl methyl sites for hydroxylation is 1. The van der Waals surface area contributed by atoms with E-state index in [0.717, 1.165) is 24.5 Å². The van der Waals surface area contributed by atoms with Crippen LogP contribution in [0.5, 0.6) is 0 Å². The summed E-state index contributed by atoms with van der Waals surface area (Å²) >= 11 is 5.73. The van der Waals surface area contributed by atoms with Gasteiger partial charge in [-0.05, 0) is 36.2 Å². The SMILES string of the molecule is O=C(CCc1ccc(F)c(Cl)c1)NC1CN(c2ccccn2)C1. The number of amides is 1. The van der Waals surface area contributed by atoms with Gasteiger partial charge in [-0.15, -0.1) is 0 Å². The smallest absolute Gasteiger partial charge is 0.220 e. The van der Waals surface area contributed by atoms with E-state index in [-0.39, 0.29) is 17.0 Å². The molecule has 0 atom stereocenters. The Balaban J connectivity index is 1.41. The molecule has 1 aromatic heterocycles. The van der Waals surface area contributed by atoms with Crippen molar-refractivity contribution in [3.63, 3.8) is 0 Å². The van der Waals surface area contributed by atoms with E-state index in [9.17, 15) is 9.18 Å². The van der Waals surface area contributed by atoms with E-state index >= 15 is 0 Å². The summed E-state index contributed by atoms with van der Waals surface area (Å²) in [5.41, 5.74) is 0.857. The Bertz CT molecular complexity index is 689. The zero-order chi connectivity index (χ0) is 16.2. The Morgan fingerprint density at radius 2 is 2.17 bits per heavy atom. The van der Waals surface area contributed by atoms with Crippen LogP contribution in [0.15, 0.2) is 42.6 Å². The van der Waals surface area contributed by atoms with E-state index in [0.29, 0.717) is 12.8 Å². The average molecular weight is 334 g/mol. The fraction of sp³-hybridized carbons (Fsp3) is 0.294. The zero-order valence-electron chi connectivity index (χ0n) is 12.5. The van der Waals surface area contributed by atoms with Crippen molar-refractivity contribution in [2.45, 2.75) is 18.9 Å². The predicted molar refractivity (Wildman–Crippen MR) is 88.1 cm³/mol. The number of aromatic nitrogens is 1. The van der Waals surface area contributed by atoms with Crippen LogP contribution in [0.2, 0.25) is 5.02 Å². The summed E-state index contributed by atoms with van der Waals surface area (Å²) in [6, 6.07) is 10.5. The van der Waals surface area contributed by atoms with E-state index in [1.54, 1.807) is 18.3 Å². The number of nitrogens with zero attached hydrogens (tertiary/aromatic N) is 2. The summed E-state index contributed by atoms with van der Waals surface area (Å²) in [6.45, 7) is 1.54. The zero-order valence-corrected chi connectivity index (χ0v) is 13.3. The Morgan fingerprint density at radius 1 is 1.35 bits per heavy atom. The molecule has 2 heterocycles. The summed E-state index contributed by atoms with van der Waals surface area (Å²) in [5.74, 6) is 0.485. The maximum atomic E-state index is 13.1. The van der Waals surface area contributed by atoms with Gasteiger partial charge < -0.3 is 10.2 Å². The van der Waals surface area contributed by atoms with Gasteiger partial charge in [0.1, 0.15) is 11.6 Å². The first-order valence-corrected chi connectivity index (χ1v) is 7.89. The molecule has 23 heavy (non-hydrogen) atoms. The Morgan fingerprint density at radius 3 is 2.87 bits per heavy atom. The van der Waals surface area contributed by atoms with Gasteiger partial charge in [0.15, 0.2) is 0 Å². The molecule has 0 aliphatic carbocycles. The second-order valence-electron chi connectivity index (χ2n) is 5.61. The van der Waals surface area contributed by atoms with E-state index in [2.05, 4.69) is 15.2 Å². The number of carbonyl (C=O) groups excluding carboxylic acids is 1. The molecule has 1 amide bonds. The molecular weight excluding hydrogens is 317 g/mol. The molecule has 1 saturated heterocycles. The summed E-state index contributed by atoms with van der Waals surface area (Å²) < 4.78 is 13.1. The molecule has 120 valence electrons. The fourth-order valence-corrected chi connectivity index (χ4v) is 2.75. The van der Waals surface area contributed by atoms with E-state index < -0.39 is 5.82 Å². The maximum Gasteiger partial charge on any atom is 0.220 e. The molecule has 1 aromatic carbocycles. The number of rotatable bonds is 5. The molecule has 6 heteroatoms. The third-order valence-electron chi connectivity index (χ3n) is 3.84. The van der Waals surface area contributed by atoms with Crippen molar-refractivity contribution in [2.24, 2.45) is 0 Å². The standard InChI is InChI=1S/C17H17ClFN3O/c18-14-9-12(4-6-15(14)19)5-7-17(23)21-13-10-22(11-13)16-3-1-2-8-20-16/h1-4,6,8-9,13H,5,7,10-11H2,(H,21,23). The van der Waals surface area contributed by atoms with Gasteiger partial charge in [-0.3, -0.25) is 4.79 Å². The van der Waals surface area contributed by atoms with E-state index in [1.807, 2.05) is 18.2 Å². The summed E-state index contributed by atoms with van der Waals surface area (Å²) in [7, 11) is 0. The minimum atomic E-state index is -0.441. The topological polar surface area (TPSA) is 45.2 Å². The van der Waals surface area contributed by atoms with Gasteiger partial charge >= 0.3 is 0 Å². The van der Waals surface area contributed by atoms with Crippen molar-refractivity contribution in [3.8, 4) is 0 Å². The van der Waals surface area contributed by atoms with Crippen LogP contribution in [0.4, 0.5) is 10.2 Å². The number of nitrogens with one attached hydrogen (secondary N) is 1. The van der Waals surface area contributed by atoms with Crippen LogP contribution in [0.1, 0.15) is 12.0 Å². The number of halogens is 2. The van der Waals surface area contributed by atoms with Crippen molar-refractivity contribution in [3.05, 3.63) is 59.0 Å². The average Bonchev–Trinajstić information content (AvgIpc) is 2.52. The Labute approximate surface area is 139 Å². The molecule has 1 aliphatic heterocycles. The molecule has 1 N–H and O–H groups in total. The molecule has 2 aromatic rings. The third kappa shape index (κ3) is 3.99. The van der Waals surface area contributed by atoms with Gasteiger partial charge in [0.2, 0.25) is 5.91 Å². The Kier molecular flexibility index (Phi) is 4.76. The van der Waals surface area contributed by atoms with Gasteiger partial charge in [0.05, 0.1) is 11.1 Å². The van der Waals surface area contributed by atoms with Gasteiger partial charge in [0.25, 0.3) is 0 Å². The van der Waals surface area contributed by atoms with Crippen LogP contribution in [-0.4, -0.2) is 30.0 Å². The highest BCUT2D eigenvalue weighted by Crippen LogP contribution is 2.18. The normalized spacial score (nSPS) is 14.4.